The number of aromatic nitrogens is 2. The number of aryl methyl sites for hydroxylation is 1. The second-order valence-corrected chi connectivity index (χ2v) is 9.00. The van der Waals surface area contributed by atoms with Crippen LogP contribution in [0.3, 0.4) is 0 Å². The van der Waals surface area contributed by atoms with E-state index in [-0.39, 0.29) is 11.8 Å². The van der Waals surface area contributed by atoms with E-state index < -0.39 is 0 Å². The van der Waals surface area contributed by atoms with Crippen molar-refractivity contribution in [3.8, 4) is 11.3 Å². The third-order valence-corrected chi connectivity index (χ3v) is 6.74. The van der Waals surface area contributed by atoms with Gasteiger partial charge in [0.15, 0.2) is 0 Å². The van der Waals surface area contributed by atoms with Crippen LogP contribution in [0.5, 0.6) is 0 Å². The SMILES string of the molecule is Cc1cc(NC(=O)c2ccccc2Cl)sc1C(=O)NCc1nc(-c2ccncc2)cs1. The van der Waals surface area contributed by atoms with E-state index in [1.165, 1.54) is 22.7 Å². The molecule has 0 bridgehead atoms. The molecule has 0 unspecified atom stereocenters. The number of hydrogen-bond donors (Lipinski definition) is 2. The zero-order valence-electron chi connectivity index (χ0n) is 16.4. The minimum atomic E-state index is -0.315. The molecule has 2 amide bonds. The Balaban J connectivity index is 1.39. The third kappa shape index (κ3) is 4.99. The van der Waals surface area contributed by atoms with Gasteiger partial charge in [-0.1, -0.05) is 23.7 Å². The first-order chi connectivity index (χ1) is 15.0. The van der Waals surface area contributed by atoms with Gasteiger partial charge >= 0.3 is 0 Å². The van der Waals surface area contributed by atoms with Gasteiger partial charge in [-0.25, -0.2) is 4.98 Å². The molecule has 3 aromatic heterocycles. The number of nitrogens with one attached hydrogen (secondary N) is 2. The van der Waals surface area contributed by atoms with Gasteiger partial charge in [-0.15, -0.1) is 22.7 Å². The van der Waals surface area contributed by atoms with Crippen LogP contribution < -0.4 is 10.6 Å². The average molecular weight is 469 g/mol. The fourth-order valence-corrected chi connectivity index (χ4v) is 4.83. The lowest BCUT2D eigenvalue weighted by Gasteiger charge is -2.04. The van der Waals surface area contributed by atoms with E-state index >= 15 is 0 Å². The highest BCUT2D eigenvalue weighted by Gasteiger charge is 2.17. The number of halogens is 1. The lowest BCUT2D eigenvalue weighted by Crippen LogP contribution is -2.22. The molecule has 3 heterocycles. The van der Waals surface area contributed by atoms with Crippen molar-refractivity contribution in [3.63, 3.8) is 0 Å². The molecule has 0 aliphatic carbocycles. The van der Waals surface area contributed by atoms with Gasteiger partial charge in [0.1, 0.15) is 5.01 Å². The van der Waals surface area contributed by atoms with E-state index in [1.54, 1.807) is 42.7 Å². The maximum atomic E-state index is 12.7. The van der Waals surface area contributed by atoms with E-state index in [0.29, 0.717) is 27.0 Å². The summed E-state index contributed by atoms with van der Waals surface area (Å²) in [5.41, 5.74) is 3.01. The summed E-state index contributed by atoms with van der Waals surface area (Å²) < 4.78 is 0. The average Bonchev–Trinajstić information content (AvgIpc) is 3.39. The van der Waals surface area contributed by atoms with Crippen molar-refractivity contribution in [2.75, 3.05) is 5.32 Å². The van der Waals surface area contributed by atoms with Gasteiger partial charge in [0.2, 0.25) is 0 Å². The first-order valence-electron chi connectivity index (χ1n) is 9.30. The Morgan fingerprint density at radius 3 is 2.65 bits per heavy atom. The highest BCUT2D eigenvalue weighted by Crippen LogP contribution is 2.28. The van der Waals surface area contributed by atoms with Crippen molar-refractivity contribution in [2.24, 2.45) is 0 Å². The van der Waals surface area contributed by atoms with Crippen LogP contribution in [0.1, 0.15) is 30.6 Å². The van der Waals surface area contributed by atoms with E-state index in [2.05, 4.69) is 20.6 Å². The molecule has 0 radical (unpaired) electrons. The number of rotatable bonds is 6. The Hall–Kier alpha value is -3.07. The molecule has 1 aromatic carbocycles. The highest BCUT2D eigenvalue weighted by atomic mass is 35.5. The second kappa shape index (κ2) is 9.38. The van der Waals surface area contributed by atoms with Crippen molar-refractivity contribution >= 4 is 51.1 Å². The summed E-state index contributed by atoms with van der Waals surface area (Å²) in [5, 5.41) is 9.43. The second-order valence-electron chi connectivity index (χ2n) is 6.60. The zero-order chi connectivity index (χ0) is 21.8. The molecular weight excluding hydrogens is 452 g/mol. The molecule has 156 valence electrons. The Morgan fingerprint density at radius 2 is 1.87 bits per heavy atom. The normalized spacial score (nSPS) is 10.6. The van der Waals surface area contributed by atoms with Crippen LogP contribution in [0.2, 0.25) is 5.02 Å². The van der Waals surface area contributed by atoms with Crippen LogP contribution in [0.25, 0.3) is 11.3 Å². The largest absolute Gasteiger partial charge is 0.345 e. The smallest absolute Gasteiger partial charge is 0.262 e. The molecule has 0 fully saturated rings. The minimum absolute atomic E-state index is 0.207. The first kappa shape index (κ1) is 21.2. The summed E-state index contributed by atoms with van der Waals surface area (Å²) in [4.78, 5) is 34.2. The van der Waals surface area contributed by atoms with Gasteiger partial charge < -0.3 is 10.6 Å². The van der Waals surface area contributed by atoms with Crippen LogP contribution in [0, 0.1) is 6.92 Å². The molecule has 31 heavy (non-hydrogen) atoms. The Morgan fingerprint density at radius 1 is 1.10 bits per heavy atom. The number of benzene rings is 1. The number of carbonyl (C=O) groups excluding carboxylic acids is 2. The quantitative estimate of drug-likeness (QED) is 0.396. The number of carbonyl (C=O) groups is 2. The van der Waals surface area contributed by atoms with Crippen molar-refractivity contribution in [3.05, 3.63) is 86.3 Å². The topological polar surface area (TPSA) is 84.0 Å². The summed E-state index contributed by atoms with van der Waals surface area (Å²) in [6, 6.07) is 12.4. The molecule has 4 aromatic rings. The number of amides is 2. The molecule has 0 atom stereocenters. The Bertz CT molecular complexity index is 1240. The number of hydrogen-bond acceptors (Lipinski definition) is 6. The molecule has 0 saturated carbocycles. The third-order valence-electron chi connectivity index (χ3n) is 4.41. The molecule has 0 aliphatic heterocycles. The molecule has 9 heteroatoms. The van der Waals surface area contributed by atoms with Gasteiger partial charge in [0.25, 0.3) is 11.8 Å². The molecule has 0 saturated heterocycles. The number of anilines is 1. The predicted molar refractivity (Wildman–Crippen MR) is 125 cm³/mol. The van der Waals surface area contributed by atoms with Crippen LogP contribution in [-0.4, -0.2) is 21.8 Å². The maximum Gasteiger partial charge on any atom is 0.262 e. The van der Waals surface area contributed by atoms with Crippen LogP contribution in [0.4, 0.5) is 5.00 Å². The number of thiazole rings is 1. The van der Waals surface area contributed by atoms with Crippen LogP contribution >= 0.6 is 34.3 Å². The molecule has 4 rings (SSSR count). The standard InChI is InChI=1S/C22H17ClN4O2S2/c1-13-10-18(27-21(28)15-4-2-3-5-16(15)23)31-20(13)22(29)25-11-19-26-17(12-30-19)14-6-8-24-9-7-14/h2-10,12H,11H2,1H3,(H,25,29)(H,27,28). The molecule has 0 spiro atoms. The Labute approximate surface area is 192 Å². The Kier molecular flexibility index (Phi) is 6.41. The summed E-state index contributed by atoms with van der Waals surface area (Å²) in [5.74, 6) is -0.522. The van der Waals surface area contributed by atoms with Gasteiger partial charge in [-0.3, -0.25) is 14.6 Å². The van der Waals surface area contributed by atoms with Crippen molar-refractivity contribution in [1.82, 2.24) is 15.3 Å². The van der Waals surface area contributed by atoms with Crippen molar-refractivity contribution in [2.45, 2.75) is 13.5 Å². The van der Waals surface area contributed by atoms with E-state index in [9.17, 15) is 9.59 Å². The lowest BCUT2D eigenvalue weighted by atomic mass is 10.2. The summed E-state index contributed by atoms with van der Waals surface area (Å²) in [6.45, 7) is 2.16. The fraction of sp³-hybridized carbons (Fsp3) is 0.0909. The van der Waals surface area contributed by atoms with Crippen LogP contribution in [-0.2, 0) is 6.54 Å². The van der Waals surface area contributed by atoms with Crippen molar-refractivity contribution in [1.29, 1.82) is 0 Å². The van der Waals surface area contributed by atoms with Crippen molar-refractivity contribution < 1.29 is 9.59 Å². The van der Waals surface area contributed by atoms with Gasteiger partial charge in [0.05, 0.1) is 32.7 Å². The summed E-state index contributed by atoms with van der Waals surface area (Å²) in [7, 11) is 0. The maximum absolute atomic E-state index is 12.7. The monoisotopic (exact) mass is 468 g/mol. The number of pyridine rings is 1. The predicted octanol–water partition coefficient (Wildman–Crippen LogP) is 5.41. The molecular formula is C22H17ClN4O2S2. The summed E-state index contributed by atoms with van der Waals surface area (Å²) >= 11 is 8.79. The van der Waals surface area contributed by atoms with Crippen LogP contribution in [0.15, 0.2) is 60.2 Å². The highest BCUT2D eigenvalue weighted by molar-refractivity contribution is 7.18. The lowest BCUT2D eigenvalue weighted by molar-refractivity contribution is 0.0953. The van der Waals surface area contributed by atoms with E-state index in [1.807, 2.05) is 24.4 Å². The number of thiophene rings is 1. The van der Waals surface area contributed by atoms with E-state index in [0.717, 1.165) is 21.8 Å². The van der Waals surface area contributed by atoms with Gasteiger partial charge in [0, 0.05) is 23.3 Å². The molecule has 2 N–H and O–H groups in total. The fourth-order valence-electron chi connectivity index (χ4n) is 2.88. The first-order valence-corrected chi connectivity index (χ1v) is 11.4. The zero-order valence-corrected chi connectivity index (χ0v) is 18.8. The van der Waals surface area contributed by atoms with E-state index in [4.69, 9.17) is 11.6 Å². The van der Waals surface area contributed by atoms with Gasteiger partial charge in [-0.2, -0.15) is 0 Å². The summed E-state index contributed by atoms with van der Waals surface area (Å²) in [6.07, 6.45) is 3.44. The molecule has 6 nitrogen and oxygen atoms in total. The number of nitrogens with zero attached hydrogens (tertiary/aromatic N) is 2. The van der Waals surface area contributed by atoms with Gasteiger partial charge in [-0.05, 0) is 42.8 Å². The minimum Gasteiger partial charge on any atom is -0.345 e. The molecule has 0 aliphatic rings.